The molecule has 0 radical (unpaired) electrons. The van der Waals surface area contributed by atoms with Crippen LogP contribution in [0.15, 0.2) is 0 Å². The Hall–Kier alpha value is 0.933. The molecule has 0 atom stereocenters. The van der Waals surface area contributed by atoms with Crippen LogP contribution in [0.2, 0.25) is 0 Å². The Labute approximate surface area is 51.6 Å². The summed E-state index contributed by atoms with van der Waals surface area (Å²) in [5, 5.41) is 0. The molecule has 0 spiro atoms. The van der Waals surface area contributed by atoms with Crippen molar-refractivity contribution >= 4 is 19.0 Å². The molecule has 0 aliphatic carbocycles. The summed E-state index contributed by atoms with van der Waals surface area (Å²) in [6, 6.07) is 0. The van der Waals surface area contributed by atoms with E-state index in [1.807, 2.05) is 0 Å². The van der Waals surface area contributed by atoms with E-state index in [-0.39, 0.29) is 19.5 Å². The normalized spacial score (nSPS) is 9.67. The Bertz CT molecular complexity index is 90.7. The topological polar surface area (TPSA) is 80.3 Å². The Morgan fingerprint density at radius 3 is 1.17 bits per heavy atom. The first-order chi connectivity index (χ1) is 2.00. The van der Waals surface area contributed by atoms with Gasteiger partial charge in [-0.2, -0.15) is 0 Å². The van der Waals surface area contributed by atoms with Crippen molar-refractivity contribution in [3.63, 3.8) is 0 Å². The Kier molecular flexibility index (Phi) is 5.02. The molecule has 0 N–H and O–H groups in total. The first-order valence-corrected chi connectivity index (χ1v) is 4.47. The standard InChI is InChI=1S/H2O4Te.Zn/c1-5(2,3)4;/h(H2,1,2,3,4);/q;+2/p-2. The summed E-state index contributed by atoms with van der Waals surface area (Å²) in [7, 11) is 0. The van der Waals surface area contributed by atoms with Crippen molar-refractivity contribution in [3.05, 3.63) is 0 Å². The van der Waals surface area contributed by atoms with Crippen molar-refractivity contribution in [2.75, 3.05) is 0 Å². The SMILES string of the molecule is O=[Te](=O)([O-])[O-].[Zn+2]. The van der Waals surface area contributed by atoms with Crippen LogP contribution in [-0.2, 0) is 25.7 Å². The minimum atomic E-state index is -6.02. The molecular weight excluding hydrogens is 257 g/mol. The van der Waals surface area contributed by atoms with Crippen molar-refractivity contribution in [2.24, 2.45) is 0 Å². The molecule has 0 amide bonds. The average Bonchev–Trinajstić information content (AvgIpc) is 0.722. The first kappa shape index (κ1) is 10.0. The molecule has 0 fully saturated rings. The summed E-state index contributed by atoms with van der Waals surface area (Å²) in [6.07, 6.45) is 0. The van der Waals surface area contributed by atoms with Crippen LogP contribution < -0.4 is 6.94 Å². The predicted octanol–water partition coefficient (Wildman–Crippen LogP) is -3.00. The summed E-state index contributed by atoms with van der Waals surface area (Å²) in [4.78, 5) is 0. The molecule has 0 heterocycles. The van der Waals surface area contributed by atoms with Crippen molar-refractivity contribution < 1.29 is 32.6 Å². The van der Waals surface area contributed by atoms with Gasteiger partial charge in [-0.1, -0.05) is 0 Å². The third-order valence-electron chi connectivity index (χ3n) is 0. The fraction of sp³-hybridized carbons (Fsp3) is 0. The summed E-state index contributed by atoms with van der Waals surface area (Å²) in [6.45, 7) is 0. The molecule has 0 bridgehead atoms. The third kappa shape index (κ3) is 87.7. The van der Waals surface area contributed by atoms with E-state index in [1.54, 1.807) is 0 Å². The zero-order valence-corrected chi connectivity index (χ0v) is 8.05. The third-order valence-corrected chi connectivity index (χ3v) is 0. The molecule has 0 saturated heterocycles. The summed E-state index contributed by atoms with van der Waals surface area (Å²) in [5.74, 6) is 0. The van der Waals surface area contributed by atoms with E-state index in [0.29, 0.717) is 0 Å². The molecule has 32 valence electrons. The molecule has 0 saturated carbocycles. The number of rotatable bonds is 0. The largest absolute Gasteiger partial charge is 2.00 e. The minimum Gasteiger partial charge on any atom is 2.00 e. The molecule has 0 aliphatic heterocycles. The fourth-order valence-corrected chi connectivity index (χ4v) is 0. The van der Waals surface area contributed by atoms with Crippen LogP contribution in [0.4, 0.5) is 0 Å². The minimum absolute atomic E-state index is 0. The Balaban J connectivity index is 0. The van der Waals surface area contributed by atoms with Gasteiger partial charge in [-0.3, -0.25) is 0 Å². The molecule has 4 nitrogen and oxygen atoms in total. The molecule has 0 rings (SSSR count). The van der Waals surface area contributed by atoms with Crippen molar-refractivity contribution in [1.82, 2.24) is 0 Å². The maximum absolute atomic E-state index is 8.63. The van der Waals surface area contributed by atoms with Crippen LogP contribution in [0.1, 0.15) is 0 Å². The van der Waals surface area contributed by atoms with Gasteiger partial charge in [0.2, 0.25) is 0 Å². The van der Waals surface area contributed by atoms with Gasteiger partial charge in [-0.15, -0.1) is 0 Å². The molecule has 0 aromatic carbocycles. The zero-order valence-electron chi connectivity index (χ0n) is 2.75. The van der Waals surface area contributed by atoms with Gasteiger partial charge in [0.15, 0.2) is 0 Å². The van der Waals surface area contributed by atoms with E-state index in [9.17, 15) is 0 Å². The molecule has 0 aromatic rings. The summed E-state index contributed by atoms with van der Waals surface area (Å²) in [5.41, 5.74) is 0. The molecule has 6 heteroatoms. The van der Waals surface area contributed by atoms with Gasteiger partial charge in [0.1, 0.15) is 0 Å². The number of hydrogen-bond donors (Lipinski definition) is 0. The Morgan fingerprint density at radius 1 is 1.17 bits per heavy atom. The van der Waals surface area contributed by atoms with Crippen LogP contribution in [0, 0.1) is 0 Å². The van der Waals surface area contributed by atoms with E-state index in [4.69, 9.17) is 13.2 Å². The van der Waals surface area contributed by atoms with Crippen molar-refractivity contribution in [2.45, 2.75) is 0 Å². The van der Waals surface area contributed by atoms with Crippen molar-refractivity contribution in [1.29, 1.82) is 0 Å². The molecule has 6 heavy (non-hydrogen) atoms. The van der Waals surface area contributed by atoms with E-state index in [0.717, 1.165) is 0 Å². The van der Waals surface area contributed by atoms with E-state index in [1.165, 1.54) is 0 Å². The monoisotopic (exact) mass is 258 g/mol. The molecule has 0 unspecified atom stereocenters. The molecule has 0 aliphatic rings. The van der Waals surface area contributed by atoms with Gasteiger partial charge < -0.3 is 0 Å². The van der Waals surface area contributed by atoms with Crippen LogP contribution in [0.25, 0.3) is 0 Å². The maximum Gasteiger partial charge on any atom is 2.00 e. The van der Waals surface area contributed by atoms with Gasteiger partial charge in [-0.05, 0) is 0 Å². The van der Waals surface area contributed by atoms with Gasteiger partial charge in [0, 0.05) is 0 Å². The van der Waals surface area contributed by atoms with Gasteiger partial charge in [0.25, 0.3) is 0 Å². The molecular formula is O4TeZn. The zero-order chi connectivity index (χ0) is 4.50. The summed E-state index contributed by atoms with van der Waals surface area (Å²) < 4.78 is 34.5. The first-order valence-electron chi connectivity index (χ1n) is 0.667. The summed E-state index contributed by atoms with van der Waals surface area (Å²) >= 11 is -6.02. The second kappa shape index (κ2) is 3.00. The van der Waals surface area contributed by atoms with Gasteiger partial charge in [-0.25, -0.2) is 0 Å². The van der Waals surface area contributed by atoms with Crippen molar-refractivity contribution in [3.8, 4) is 0 Å². The average molecular weight is 257 g/mol. The Morgan fingerprint density at radius 2 is 1.17 bits per heavy atom. The quantitative estimate of drug-likeness (QED) is 0.433. The van der Waals surface area contributed by atoms with E-state index >= 15 is 0 Å². The van der Waals surface area contributed by atoms with E-state index in [2.05, 4.69) is 0 Å². The second-order valence-corrected chi connectivity index (χ2v) is 2.74. The maximum atomic E-state index is 8.63. The number of hydrogen-bond acceptors (Lipinski definition) is 4. The predicted molar refractivity (Wildman–Crippen MR) is 7.13 cm³/mol. The van der Waals surface area contributed by atoms with Gasteiger partial charge >= 0.3 is 51.6 Å². The fourth-order valence-electron chi connectivity index (χ4n) is 0. The van der Waals surface area contributed by atoms with Crippen LogP contribution >= 0.6 is 0 Å². The smallest absolute Gasteiger partial charge is 2.00 e. The molecule has 0 aromatic heterocycles. The van der Waals surface area contributed by atoms with Crippen LogP contribution in [0.3, 0.4) is 0 Å². The second-order valence-electron chi connectivity index (χ2n) is 0.408. The van der Waals surface area contributed by atoms with Crippen LogP contribution in [-0.4, -0.2) is 19.0 Å². The van der Waals surface area contributed by atoms with Gasteiger partial charge in [0.05, 0.1) is 0 Å². The van der Waals surface area contributed by atoms with Crippen LogP contribution in [0.5, 0.6) is 0 Å². The van der Waals surface area contributed by atoms with E-state index < -0.39 is 19.0 Å².